The van der Waals surface area contributed by atoms with Crippen molar-refractivity contribution in [3.05, 3.63) is 94.5 Å². The largest absolute Gasteiger partial charge is 0.497 e. The summed E-state index contributed by atoms with van der Waals surface area (Å²) in [7, 11) is 5.42. The lowest BCUT2D eigenvalue weighted by Gasteiger charge is -2.30. The number of amidine groups is 1. The number of methoxy groups -OCH3 is 1. The second-order valence-electron chi connectivity index (χ2n) is 10.6. The first-order chi connectivity index (χ1) is 19.5. The van der Waals surface area contributed by atoms with Gasteiger partial charge < -0.3 is 25.4 Å². The summed E-state index contributed by atoms with van der Waals surface area (Å²) in [5, 5.41) is 15.6. The van der Waals surface area contributed by atoms with Crippen LogP contribution in [0.15, 0.2) is 71.7 Å². The molecule has 0 radical (unpaired) electrons. The summed E-state index contributed by atoms with van der Waals surface area (Å²) in [6.45, 7) is 5.13. The Kier molecular flexibility index (Phi) is 8.84. The number of nitrogen functional groups attached to an aromatic ring is 1. The first-order valence-electron chi connectivity index (χ1n) is 12.9. The van der Waals surface area contributed by atoms with Gasteiger partial charge in [-0.25, -0.2) is 18.7 Å². The Bertz CT molecular complexity index is 1550. The van der Waals surface area contributed by atoms with Crippen molar-refractivity contribution in [1.29, 1.82) is 5.41 Å². The SMILES string of the molecule is COc1ccc(F)c(-n2c(C(Nc3ccc(C(=N)N)cc3)OCC(C)(C)CN(C)C)nn(-c3ccccn3)c2=O)c1. The van der Waals surface area contributed by atoms with Crippen LogP contribution < -0.4 is 21.5 Å². The van der Waals surface area contributed by atoms with Gasteiger partial charge in [0.15, 0.2) is 17.9 Å². The second-order valence-corrected chi connectivity index (χ2v) is 10.6. The first-order valence-corrected chi connectivity index (χ1v) is 12.9. The van der Waals surface area contributed by atoms with Crippen molar-refractivity contribution in [1.82, 2.24) is 24.2 Å². The summed E-state index contributed by atoms with van der Waals surface area (Å²) >= 11 is 0. The molecule has 0 aliphatic carbocycles. The van der Waals surface area contributed by atoms with Crippen LogP contribution in [0.5, 0.6) is 5.75 Å². The number of nitrogens with one attached hydrogen (secondary N) is 2. The lowest BCUT2D eigenvalue weighted by Crippen LogP contribution is -2.34. The fraction of sp³-hybridized carbons (Fsp3) is 0.310. The van der Waals surface area contributed by atoms with Gasteiger partial charge >= 0.3 is 5.69 Å². The van der Waals surface area contributed by atoms with Gasteiger partial charge in [0, 0.05) is 35.5 Å². The maximum absolute atomic E-state index is 15.3. The zero-order chi connectivity index (χ0) is 29.7. The Labute approximate surface area is 237 Å². The molecule has 4 N–H and O–H groups in total. The fourth-order valence-electron chi connectivity index (χ4n) is 4.49. The molecule has 0 fully saturated rings. The molecule has 0 bridgehead atoms. The van der Waals surface area contributed by atoms with Crippen molar-refractivity contribution in [3.8, 4) is 17.3 Å². The van der Waals surface area contributed by atoms with E-state index in [-0.39, 0.29) is 35.2 Å². The van der Waals surface area contributed by atoms with Crippen LogP contribution in [-0.2, 0) is 4.74 Å². The third-order valence-electron chi connectivity index (χ3n) is 6.18. The summed E-state index contributed by atoms with van der Waals surface area (Å²) in [4.78, 5) is 20.2. The number of nitrogens with zero attached hydrogens (tertiary/aromatic N) is 5. The lowest BCUT2D eigenvalue weighted by atomic mass is 9.94. The van der Waals surface area contributed by atoms with Crippen LogP contribution in [0.3, 0.4) is 0 Å². The average molecular weight is 563 g/mol. The van der Waals surface area contributed by atoms with E-state index in [1.807, 2.05) is 14.1 Å². The topological polar surface area (TPSA) is 136 Å². The Morgan fingerprint density at radius 3 is 2.51 bits per heavy atom. The molecule has 0 amide bonds. The maximum Gasteiger partial charge on any atom is 0.357 e. The number of rotatable bonds is 12. The van der Waals surface area contributed by atoms with E-state index in [2.05, 4.69) is 34.1 Å². The van der Waals surface area contributed by atoms with Crippen molar-refractivity contribution < 1.29 is 13.9 Å². The molecule has 2 aromatic carbocycles. The first kappa shape index (κ1) is 29.4. The molecular weight excluding hydrogens is 527 g/mol. The van der Waals surface area contributed by atoms with E-state index in [0.29, 0.717) is 17.0 Å². The van der Waals surface area contributed by atoms with E-state index in [0.717, 1.165) is 15.8 Å². The Balaban J connectivity index is 1.88. The summed E-state index contributed by atoms with van der Waals surface area (Å²) in [6, 6.07) is 16.1. The molecule has 11 nitrogen and oxygen atoms in total. The summed E-state index contributed by atoms with van der Waals surface area (Å²) in [5.41, 5.74) is 5.81. The van der Waals surface area contributed by atoms with E-state index in [9.17, 15) is 4.79 Å². The Morgan fingerprint density at radius 1 is 1.17 bits per heavy atom. The van der Waals surface area contributed by atoms with Gasteiger partial charge in [0.05, 0.1) is 19.4 Å². The van der Waals surface area contributed by atoms with Crippen LogP contribution in [0.2, 0.25) is 0 Å². The normalized spacial score (nSPS) is 12.4. The minimum absolute atomic E-state index is 0.0542. The number of pyridine rings is 1. The smallest absolute Gasteiger partial charge is 0.357 e. The zero-order valence-corrected chi connectivity index (χ0v) is 23.8. The molecule has 0 aliphatic heterocycles. The summed E-state index contributed by atoms with van der Waals surface area (Å²) in [5.74, 6) is 0.0167. The van der Waals surface area contributed by atoms with Crippen molar-refractivity contribution >= 4 is 11.5 Å². The maximum atomic E-state index is 15.3. The van der Waals surface area contributed by atoms with E-state index in [1.54, 1.807) is 48.7 Å². The Morgan fingerprint density at radius 2 is 1.90 bits per heavy atom. The molecule has 41 heavy (non-hydrogen) atoms. The van der Waals surface area contributed by atoms with Crippen LogP contribution in [0.4, 0.5) is 10.1 Å². The van der Waals surface area contributed by atoms with Crippen LogP contribution in [0.1, 0.15) is 31.5 Å². The molecule has 4 aromatic rings. The number of aromatic nitrogens is 4. The Hall–Kier alpha value is -4.55. The van der Waals surface area contributed by atoms with Crippen molar-refractivity contribution in [2.75, 3.05) is 39.7 Å². The van der Waals surface area contributed by atoms with Crippen LogP contribution in [-0.4, -0.2) is 64.4 Å². The highest BCUT2D eigenvalue weighted by Gasteiger charge is 2.29. The van der Waals surface area contributed by atoms with Crippen LogP contribution >= 0.6 is 0 Å². The molecule has 0 aliphatic rings. The molecule has 0 saturated carbocycles. The standard InChI is InChI=1S/C29H35FN8O3/c1-29(2,17-36(3)4)18-41-27(34-20-11-9-19(10-12-20)25(31)32)26-35-38(24-8-6-7-15-33-24)28(39)37(26)23-16-21(40-5)13-14-22(23)30/h6-16,27,34H,17-18H2,1-5H3,(H3,31,32). The minimum atomic E-state index is -0.997. The average Bonchev–Trinajstić information content (AvgIpc) is 3.28. The fourth-order valence-corrected chi connectivity index (χ4v) is 4.49. The van der Waals surface area contributed by atoms with Crippen LogP contribution in [0, 0.1) is 16.6 Å². The highest BCUT2D eigenvalue weighted by atomic mass is 19.1. The van der Waals surface area contributed by atoms with Gasteiger partial charge in [-0.2, -0.15) is 4.68 Å². The quantitative estimate of drug-likeness (QED) is 0.135. The molecule has 4 rings (SSSR count). The van der Waals surface area contributed by atoms with Crippen LogP contribution in [0.25, 0.3) is 11.5 Å². The second kappa shape index (κ2) is 12.3. The van der Waals surface area contributed by atoms with E-state index in [1.165, 1.54) is 25.3 Å². The molecule has 0 spiro atoms. The molecule has 12 heteroatoms. The molecule has 2 heterocycles. The van der Waals surface area contributed by atoms with Crippen molar-refractivity contribution in [3.63, 3.8) is 0 Å². The number of nitrogens with two attached hydrogens (primary N) is 1. The summed E-state index contributed by atoms with van der Waals surface area (Å²) < 4.78 is 29.3. The number of ether oxygens (including phenoxy) is 2. The molecule has 0 saturated heterocycles. The van der Waals surface area contributed by atoms with E-state index >= 15 is 4.39 Å². The van der Waals surface area contributed by atoms with E-state index < -0.39 is 17.7 Å². The molecule has 216 valence electrons. The predicted molar refractivity (Wildman–Crippen MR) is 156 cm³/mol. The molecule has 1 unspecified atom stereocenters. The van der Waals surface area contributed by atoms with Crippen molar-refractivity contribution in [2.24, 2.45) is 11.1 Å². The third-order valence-corrected chi connectivity index (χ3v) is 6.18. The molecule has 1 atom stereocenters. The van der Waals surface area contributed by atoms with Gasteiger partial charge in [-0.1, -0.05) is 19.9 Å². The minimum Gasteiger partial charge on any atom is -0.497 e. The third kappa shape index (κ3) is 6.97. The van der Waals surface area contributed by atoms with Gasteiger partial charge in [-0.15, -0.1) is 5.10 Å². The van der Waals surface area contributed by atoms with Gasteiger partial charge in [-0.05, 0) is 62.6 Å². The van der Waals surface area contributed by atoms with Gasteiger partial charge in [0.1, 0.15) is 17.4 Å². The molecular formula is C29H35FN8O3. The highest BCUT2D eigenvalue weighted by Crippen LogP contribution is 2.28. The van der Waals surface area contributed by atoms with Gasteiger partial charge in [0.25, 0.3) is 0 Å². The monoisotopic (exact) mass is 562 g/mol. The number of hydrogen-bond acceptors (Lipinski definition) is 8. The van der Waals surface area contributed by atoms with Gasteiger partial charge in [0.2, 0.25) is 0 Å². The summed E-state index contributed by atoms with van der Waals surface area (Å²) in [6.07, 6.45) is 0.544. The number of halogens is 1. The lowest BCUT2D eigenvalue weighted by molar-refractivity contribution is 0.00204. The number of anilines is 1. The molecule has 2 aromatic heterocycles. The number of hydrogen-bond donors (Lipinski definition) is 3. The van der Waals surface area contributed by atoms with E-state index in [4.69, 9.17) is 20.6 Å². The zero-order valence-electron chi connectivity index (χ0n) is 23.8. The number of benzene rings is 2. The highest BCUT2D eigenvalue weighted by molar-refractivity contribution is 5.95. The van der Waals surface area contributed by atoms with Gasteiger partial charge in [-0.3, -0.25) is 5.41 Å². The predicted octanol–water partition coefficient (Wildman–Crippen LogP) is 3.57. The van der Waals surface area contributed by atoms with Crippen molar-refractivity contribution in [2.45, 2.75) is 20.1 Å².